The van der Waals surface area contributed by atoms with E-state index in [-0.39, 0.29) is 17.8 Å². The molecule has 0 saturated heterocycles. The molecule has 0 aliphatic heterocycles. The zero-order valence-corrected chi connectivity index (χ0v) is 16.9. The quantitative estimate of drug-likeness (QED) is 0.493. The van der Waals surface area contributed by atoms with Crippen molar-refractivity contribution >= 4 is 23.8 Å². The van der Waals surface area contributed by atoms with E-state index >= 15 is 0 Å². The molecule has 4 rings (SSSR count). The van der Waals surface area contributed by atoms with Gasteiger partial charge < -0.3 is 14.8 Å². The van der Waals surface area contributed by atoms with Crippen LogP contribution in [0.4, 0.5) is 5.82 Å². The van der Waals surface area contributed by atoms with Gasteiger partial charge in [0.05, 0.1) is 24.4 Å². The highest BCUT2D eigenvalue weighted by Crippen LogP contribution is 2.23. The number of carboxylic acid groups (broad SMARTS) is 1. The maximum absolute atomic E-state index is 12.5. The molecule has 0 spiro atoms. The van der Waals surface area contributed by atoms with Gasteiger partial charge in [-0.15, -0.1) is 0 Å². The number of carbonyl (C=O) groups is 2. The molecular formula is C22H22N4O4. The SMILES string of the molecule is CC(C)(C)c1ccc(C(=O)Nc2cn3nc(-c4ccoc4)ccc3n2)cc1.O=CO. The number of benzene rings is 1. The summed E-state index contributed by atoms with van der Waals surface area (Å²) < 4.78 is 6.73. The van der Waals surface area contributed by atoms with Crippen LogP contribution < -0.4 is 5.32 Å². The molecule has 8 heteroatoms. The van der Waals surface area contributed by atoms with E-state index in [0.29, 0.717) is 17.0 Å². The number of carbonyl (C=O) groups excluding carboxylic acids is 1. The first-order valence-electron chi connectivity index (χ1n) is 9.20. The fourth-order valence-corrected chi connectivity index (χ4v) is 2.82. The number of imidazole rings is 1. The smallest absolute Gasteiger partial charge is 0.290 e. The summed E-state index contributed by atoms with van der Waals surface area (Å²) in [6, 6.07) is 13.2. The molecule has 4 aromatic rings. The lowest BCUT2D eigenvalue weighted by Crippen LogP contribution is -2.14. The van der Waals surface area contributed by atoms with Crippen molar-refractivity contribution < 1.29 is 19.1 Å². The van der Waals surface area contributed by atoms with Crippen LogP contribution in [0.1, 0.15) is 36.7 Å². The summed E-state index contributed by atoms with van der Waals surface area (Å²) in [6.07, 6.45) is 4.93. The minimum Gasteiger partial charge on any atom is -0.483 e. The molecule has 0 atom stereocenters. The predicted octanol–water partition coefficient (Wildman–Crippen LogP) is 4.24. The average Bonchev–Trinajstić information content (AvgIpc) is 3.37. The average molecular weight is 406 g/mol. The first-order valence-corrected chi connectivity index (χ1v) is 9.20. The van der Waals surface area contributed by atoms with Crippen LogP contribution in [0.15, 0.2) is 65.6 Å². The third kappa shape index (κ3) is 4.72. The Balaban J connectivity index is 0.000000806. The molecule has 0 saturated carbocycles. The number of hydrogen-bond donors (Lipinski definition) is 2. The summed E-state index contributed by atoms with van der Waals surface area (Å²) in [7, 11) is 0. The summed E-state index contributed by atoms with van der Waals surface area (Å²) in [5.41, 5.74) is 4.13. The van der Waals surface area contributed by atoms with Gasteiger partial charge in [-0.1, -0.05) is 32.9 Å². The first kappa shape index (κ1) is 20.8. The van der Waals surface area contributed by atoms with Crippen molar-refractivity contribution in [2.45, 2.75) is 26.2 Å². The van der Waals surface area contributed by atoms with Gasteiger partial charge in [-0.25, -0.2) is 9.50 Å². The van der Waals surface area contributed by atoms with Crippen molar-refractivity contribution in [3.63, 3.8) is 0 Å². The van der Waals surface area contributed by atoms with E-state index in [1.807, 2.05) is 42.5 Å². The number of anilines is 1. The molecule has 154 valence electrons. The highest BCUT2D eigenvalue weighted by atomic mass is 16.3. The van der Waals surface area contributed by atoms with Gasteiger partial charge in [0, 0.05) is 11.1 Å². The second-order valence-electron chi connectivity index (χ2n) is 7.55. The van der Waals surface area contributed by atoms with Crippen molar-refractivity contribution in [2.24, 2.45) is 0 Å². The molecule has 0 fully saturated rings. The van der Waals surface area contributed by atoms with Crippen LogP contribution in [0.25, 0.3) is 16.9 Å². The van der Waals surface area contributed by atoms with E-state index in [1.54, 1.807) is 23.2 Å². The van der Waals surface area contributed by atoms with Crippen LogP contribution >= 0.6 is 0 Å². The maximum atomic E-state index is 12.5. The van der Waals surface area contributed by atoms with E-state index in [4.69, 9.17) is 14.3 Å². The second kappa shape index (κ2) is 8.60. The van der Waals surface area contributed by atoms with E-state index in [2.05, 4.69) is 36.2 Å². The Morgan fingerprint density at radius 3 is 2.43 bits per heavy atom. The Morgan fingerprint density at radius 2 is 1.83 bits per heavy atom. The van der Waals surface area contributed by atoms with Crippen LogP contribution in [-0.2, 0) is 10.2 Å². The molecule has 0 aliphatic rings. The van der Waals surface area contributed by atoms with Crippen molar-refractivity contribution in [1.29, 1.82) is 0 Å². The third-order valence-corrected chi connectivity index (χ3v) is 4.39. The molecule has 2 N–H and O–H groups in total. The van der Waals surface area contributed by atoms with Gasteiger partial charge in [-0.2, -0.15) is 5.10 Å². The largest absolute Gasteiger partial charge is 0.483 e. The molecule has 0 unspecified atom stereocenters. The van der Waals surface area contributed by atoms with Crippen molar-refractivity contribution in [1.82, 2.24) is 14.6 Å². The monoisotopic (exact) mass is 406 g/mol. The van der Waals surface area contributed by atoms with Crippen molar-refractivity contribution in [3.05, 3.63) is 72.3 Å². The summed E-state index contributed by atoms with van der Waals surface area (Å²) in [6.45, 7) is 6.18. The van der Waals surface area contributed by atoms with Crippen LogP contribution in [0.5, 0.6) is 0 Å². The van der Waals surface area contributed by atoms with E-state index in [0.717, 1.165) is 11.3 Å². The molecule has 0 bridgehead atoms. The normalized spacial score (nSPS) is 10.9. The molecule has 1 amide bonds. The summed E-state index contributed by atoms with van der Waals surface area (Å²) in [5, 5.41) is 14.2. The van der Waals surface area contributed by atoms with Crippen molar-refractivity contribution in [2.75, 3.05) is 5.32 Å². The van der Waals surface area contributed by atoms with Crippen LogP contribution in [-0.4, -0.2) is 32.1 Å². The van der Waals surface area contributed by atoms with E-state index in [9.17, 15) is 4.79 Å². The number of hydrogen-bond acceptors (Lipinski definition) is 5. The summed E-state index contributed by atoms with van der Waals surface area (Å²) in [4.78, 5) is 25.3. The first-order chi connectivity index (χ1) is 14.3. The lowest BCUT2D eigenvalue weighted by atomic mass is 9.87. The Bertz CT molecular complexity index is 1140. The Labute approximate surface area is 173 Å². The Kier molecular flexibility index (Phi) is 5.96. The standard InChI is InChI=1S/C21H20N4O2.CH2O2/c1-21(2,3)16-6-4-14(5-7-16)20(26)23-18-12-25-19(22-18)9-8-17(24-25)15-10-11-27-13-15;2-1-3/h4-13H,1-3H3,(H,23,26);1H,(H,2,3). The molecule has 3 heterocycles. The minimum atomic E-state index is -0.250. The number of rotatable bonds is 3. The number of nitrogens with zero attached hydrogens (tertiary/aromatic N) is 3. The fraction of sp³-hybridized carbons (Fsp3) is 0.182. The number of furan rings is 1. The maximum Gasteiger partial charge on any atom is 0.290 e. The van der Waals surface area contributed by atoms with Gasteiger partial charge in [0.2, 0.25) is 0 Å². The lowest BCUT2D eigenvalue weighted by Gasteiger charge is -2.18. The van der Waals surface area contributed by atoms with Gasteiger partial charge in [-0.05, 0) is 41.3 Å². The Hall–Kier alpha value is -3.94. The molecular weight excluding hydrogens is 384 g/mol. The number of amides is 1. The molecule has 30 heavy (non-hydrogen) atoms. The highest BCUT2D eigenvalue weighted by Gasteiger charge is 2.15. The summed E-state index contributed by atoms with van der Waals surface area (Å²) >= 11 is 0. The van der Waals surface area contributed by atoms with Gasteiger partial charge in [0.1, 0.15) is 0 Å². The number of nitrogens with one attached hydrogen (secondary N) is 1. The lowest BCUT2D eigenvalue weighted by molar-refractivity contribution is -0.122. The molecule has 1 aromatic carbocycles. The zero-order valence-electron chi connectivity index (χ0n) is 16.9. The zero-order chi connectivity index (χ0) is 21.7. The minimum absolute atomic E-state index is 0.0506. The fourth-order valence-electron chi connectivity index (χ4n) is 2.82. The van der Waals surface area contributed by atoms with Gasteiger partial charge in [-0.3, -0.25) is 9.59 Å². The second-order valence-corrected chi connectivity index (χ2v) is 7.55. The van der Waals surface area contributed by atoms with Gasteiger partial charge in [0.15, 0.2) is 11.5 Å². The van der Waals surface area contributed by atoms with Gasteiger partial charge in [0.25, 0.3) is 12.4 Å². The number of aromatic nitrogens is 3. The topological polar surface area (TPSA) is 110 Å². The molecule has 3 aromatic heterocycles. The molecule has 0 aliphatic carbocycles. The molecule has 0 radical (unpaired) electrons. The van der Waals surface area contributed by atoms with Gasteiger partial charge >= 0.3 is 0 Å². The predicted molar refractivity (Wildman–Crippen MR) is 112 cm³/mol. The van der Waals surface area contributed by atoms with Crippen LogP contribution in [0.2, 0.25) is 0 Å². The summed E-state index contributed by atoms with van der Waals surface area (Å²) in [5.74, 6) is 0.255. The van der Waals surface area contributed by atoms with Crippen LogP contribution in [0.3, 0.4) is 0 Å². The van der Waals surface area contributed by atoms with Crippen molar-refractivity contribution in [3.8, 4) is 11.3 Å². The third-order valence-electron chi connectivity index (χ3n) is 4.39. The Morgan fingerprint density at radius 1 is 1.13 bits per heavy atom. The van der Waals surface area contributed by atoms with E-state index in [1.165, 1.54) is 5.56 Å². The number of fused-ring (bicyclic) bond motifs is 1. The van der Waals surface area contributed by atoms with E-state index < -0.39 is 0 Å². The van der Waals surface area contributed by atoms with Crippen LogP contribution in [0, 0.1) is 0 Å². The molecule has 8 nitrogen and oxygen atoms in total. The highest BCUT2D eigenvalue weighted by molar-refractivity contribution is 6.03.